The summed E-state index contributed by atoms with van der Waals surface area (Å²) in [5.74, 6) is -0.861. The Morgan fingerprint density at radius 1 is 1.25 bits per heavy atom. The average Bonchev–Trinajstić information content (AvgIpc) is 2.75. The van der Waals surface area contributed by atoms with Crippen LogP contribution >= 0.6 is 0 Å². The maximum Gasteiger partial charge on any atom is 0.310 e. The van der Waals surface area contributed by atoms with Gasteiger partial charge in [-0.25, -0.2) is 0 Å². The third kappa shape index (κ3) is 3.71. The monoisotopic (exact) mass is 284 g/mol. The van der Waals surface area contributed by atoms with E-state index in [1.54, 1.807) is 4.90 Å². The SMILES string of the molecule is COC(=O)C1CN(C(=O)C(NC(C)=O)C(C)C)CC1C. The van der Waals surface area contributed by atoms with Gasteiger partial charge in [0, 0.05) is 20.0 Å². The van der Waals surface area contributed by atoms with Crippen molar-refractivity contribution in [2.45, 2.75) is 33.7 Å². The number of carbonyl (C=O) groups excluding carboxylic acids is 3. The molecule has 0 aromatic carbocycles. The van der Waals surface area contributed by atoms with Crippen LogP contribution in [-0.2, 0) is 19.1 Å². The molecule has 0 aromatic rings. The quantitative estimate of drug-likeness (QED) is 0.759. The Bertz CT molecular complexity index is 395. The van der Waals surface area contributed by atoms with Crippen LogP contribution in [0.2, 0.25) is 0 Å². The van der Waals surface area contributed by atoms with Crippen LogP contribution in [0.1, 0.15) is 27.7 Å². The summed E-state index contributed by atoms with van der Waals surface area (Å²) in [4.78, 5) is 37.0. The average molecular weight is 284 g/mol. The predicted molar refractivity (Wildman–Crippen MR) is 73.7 cm³/mol. The van der Waals surface area contributed by atoms with Crippen molar-refractivity contribution in [1.29, 1.82) is 0 Å². The van der Waals surface area contributed by atoms with Crippen LogP contribution in [0.3, 0.4) is 0 Å². The van der Waals surface area contributed by atoms with Crippen molar-refractivity contribution in [3.05, 3.63) is 0 Å². The molecule has 1 aliphatic heterocycles. The van der Waals surface area contributed by atoms with Gasteiger partial charge in [0.25, 0.3) is 0 Å². The molecule has 6 heteroatoms. The number of carbonyl (C=O) groups is 3. The second-order valence-electron chi connectivity index (χ2n) is 5.77. The summed E-state index contributed by atoms with van der Waals surface area (Å²) < 4.78 is 4.76. The fourth-order valence-electron chi connectivity index (χ4n) is 2.53. The first-order valence-corrected chi connectivity index (χ1v) is 6.91. The van der Waals surface area contributed by atoms with Crippen LogP contribution in [0.5, 0.6) is 0 Å². The molecule has 1 heterocycles. The van der Waals surface area contributed by atoms with Crippen LogP contribution in [0, 0.1) is 17.8 Å². The molecule has 1 saturated heterocycles. The number of likely N-dealkylation sites (tertiary alicyclic amines) is 1. The van der Waals surface area contributed by atoms with Gasteiger partial charge in [0.2, 0.25) is 11.8 Å². The zero-order valence-electron chi connectivity index (χ0n) is 12.8. The van der Waals surface area contributed by atoms with Gasteiger partial charge in [0.15, 0.2) is 0 Å². The van der Waals surface area contributed by atoms with E-state index in [4.69, 9.17) is 4.74 Å². The zero-order valence-corrected chi connectivity index (χ0v) is 12.8. The number of hydrogen-bond donors (Lipinski definition) is 1. The minimum absolute atomic E-state index is 0.00103. The van der Waals surface area contributed by atoms with Gasteiger partial charge in [-0.05, 0) is 11.8 Å². The summed E-state index contributed by atoms with van der Waals surface area (Å²) in [7, 11) is 1.35. The largest absolute Gasteiger partial charge is 0.469 e. The highest BCUT2D eigenvalue weighted by molar-refractivity contribution is 5.88. The molecule has 0 saturated carbocycles. The van der Waals surface area contributed by atoms with Gasteiger partial charge < -0.3 is 15.0 Å². The Kier molecular flexibility index (Phi) is 5.53. The number of rotatable bonds is 4. The maximum absolute atomic E-state index is 12.5. The highest BCUT2D eigenvalue weighted by Crippen LogP contribution is 2.25. The van der Waals surface area contributed by atoms with Gasteiger partial charge >= 0.3 is 5.97 Å². The van der Waals surface area contributed by atoms with Crippen molar-refractivity contribution in [2.24, 2.45) is 17.8 Å². The number of methoxy groups -OCH3 is 1. The first-order chi connectivity index (χ1) is 9.27. The number of amides is 2. The van der Waals surface area contributed by atoms with Crippen LogP contribution in [-0.4, -0.2) is 48.9 Å². The topological polar surface area (TPSA) is 75.7 Å². The molecule has 20 heavy (non-hydrogen) atoms. The lowest BCUT2D eigenvalue weighted by Gasteiger charge is -2.26. The highest BCUT2D eigenvalue weighted by atomic mass is 16.5. The third-order valence-electron chi connectivity index (χ3n) is 3.72. The molecule has 1 rings (SSSR count). The number of nitrogens with zero attached hydrogens (tertiary/aromatic N) is 1. The molecule has 2 amide bonds. The molecule has 0 aromatic heterocycles. The summed E-state index contributed by atoms with van der Waals surface area (Å²) in [5, 5.41) is 2.68. The van der Waals surface area contributed by atoms with Crippen molar-refractivity contribution >= 4 is 17.8 Å². The Morgan fingerprint density at radius 3 is 2.30 bits per heavy atom. The van der Waals surface area contributed by atoms with Gasteiger partial charge in [-0.3, -0.25) is 14.4 Å². The third-order valence-corrected chi connectivity index (χ3v) is 3.72. The molecule has 114 valence electrons. The van der Waals surface area contributed by atoms with Crippen molar-refractivity contribution in [3.8, 4) is 0 Å². The van der Waals surface area contributed by atoms with Gasteiger partial charge in [0.05, 0.1) is 13.0 Å². The molecule has 0 radical (unpaired) electrons. The van der Waals surface area contributed by atoms with E-state index in [0.29, 0.717) is 13.1 Å². The van der Waals surface area contributed by atoms with Crippen LogP contribution in [0.25, 0.3) is 0 Å². The Balaban J connectivity index is 2.77. The van der Waals surface area contributed by atoms with E-state index in [0.717, 1.165) is 0 Å². The number of esters is 1. The number of ether oxygens (including phenoxy) is 1. The van der Waals surface area contributed by atoms with Crippen molar-refractivity contribution in [3.63, 3.8) is 0 Å². The van der Waals surface area contributed by atoms with Crippen molar-refractivity contribution in [1.82, 2.24) is 10.2 Å². The maximum atomic E-state index is 12.5. The van der Waals surface area contributed by atoms with E-state index < -0.39 is 6.04 Å². The summed E-state index contributed by atoms with van der Waals surface area (Å²) in [5.41, 5.74) is 0. The molecule has 1 N–H and O–H groups in total. The lowest BCUT2D eigenvalue weighted by Crippen LogP contribution is -2.50. The summed E-state index contributed by atoms with van der Waals surface area (Å²) in [6, 6.07) is -0.545. The second-order valence-corrected chi connectivity index (χ2v) is 5.77. The van der Waals surface area contributed by atoms with Crippen LogP contribution < -0.4 is 5.32 Å². The highest BCUT2D eigenvalue weighted by Gasteiger charge is 2.40. The standard InChI is InChI=1S/C14H24N2O4/c1-8(2)12(15-10(4)17)13(18)16-6-9(3)11(7-16)14(19)20-5/h8-9,11-12H,6-7H2,1-5H3,(H,15,17). The van der Waals surface area contributed by atoms with Gasteiger partial charge in [0.1, 0.15) is 6.04 Å². The lowest BCUT2D eigenvalue weighted by molar-refractivity contribution is -0.146. The van der Waals surface area contributed by atoms with Gasteiger partial charge in [-0.1, -0.05) is 20.8 Å². The summed E-state index contributed by atoms with van der Waals surface area (Å²) in [6.07, 6.45) is 0. The molecular formula is C14H24N2O4. The normalized spacial score (nSPS) is 23.6. The first kappa shape index (κ1) is 16.5. The van der Waals surface area contributed by atoms with Crippen LogP contribution in [0.4, 0.5) is 0 Å². The fourth-order valence-corrected chi connectivity index (χ4v) is 2.53. The molecule has 0 spiro atoms. The molecule has 0 bridgehead atoms. The smallest absolute Gasteiger partial charge is 0.310 e. The van der Waals surface area contributed by atoms with E-state index in [9.17, 15) is 14.4 Å². The van der Waals surface area contributed by atoms with Gasteiger partial charge in [-0.15, -0.1) is 0 Å². The molecule has 3 atom stereocenters. The van der Waals surface area contributed by atoms with Crippen LogP contribution in [0.15, 0.2) is 0 Å². The van der Waals surface area contributed by atoms with Gasteiger partial charge in [-0.2, -0.15) is 0 Å². The lowest BCUT2D eigenvalue weighted by atomic mass is 9.99. The van der Waals surface area contributed by atoms with E-state index in [1.165, 1.54) is 14.0 Å². The van der Waals surface area contributed by atoms with E-state index in [-0.39, 0.29) is 35.5 Å². The molecule has 3 unspecified atom stereocenters. The van der Waals surface area contributed by atoms with E-state index in [2.05, 4.69) is 5.32 Å². The zero-order chi connectivity index (χ0) is 15.4. The second kappa shape index (κ2) is 6.72. The summed E-state index contributed by atoms with van der Waals surface area (Å²) in [6.45, 7) is 7.96. The number of nitrogens with one attached hydrogen (secondary N) is 1. The van der Waals surface area contributed by atoms with Crippen molar-refractivity contribution < 1.29 is 19.1 Å². The molecule has 1 aliphatic rings. The first-order valence-electron chi connectivity index (χ1n) is 6.91. The fraction of sp³-hybridized carbons (Fsp3) is 0.786. The molecule has 0 aliphatic carbocycles. The molecular weight excluding hydrogens is 260 g/mol. The van der Waals surface area contributed by atoms with Crippen molar-refractivity contribution in [2.75, 3.05) is 20.2 Å². The Labute approximate surface area is 119 Å². The van der Waals surface area contributed by atoms with E-state index >= 15 is 0 Å². The Hall–Kier alpha value is -1.59. The van der Waals surface area contributed by atoms with E-state index in [1.807, 2.05) is 20.8 Å². The summed E-state index contributed by atoms with van der Waals surface area (Å²) >= 11 is 0. The Morgan fingerprint density at radius 2 is 1.85 bits per heavy atom. The molecule has 1 fully saturated rings. The number of hydrogen-bond acceptors (Lipinski definition) is 4. The predicted octanol–water partition coefficient (Wildman–Crippen LogP) is 0.415. The minimum Gasteiger partial charge on any atom is -0.469 e. The molecule has 6 nitrogen and oxygen atoms in total. The minimum atomic E-state index is -0.545.